The number of hydrogen-bond acceptors (Lipinski definition) is 3. The van der Waals surface area contributed by atoms with Gasteiger partial charge in [-0.2, -0.15) is 0 Å². The van der Waals surface area contributed by atoms with Crippen molar-refractivity contribution in [3.63, 3.8) is 0 Å². The summed E-state index contributed by atoms with van der Waals surface area (Å²) in [5.74, 6) is -0.379. The van der Waals surface area contributed by atoms with Gasteiger partial charge in [0.15, 0.2) is 0 Å². The molecule has 0 amide bonds. The van der Waals surface area contributed by atoms with Crippen molar-refractivity contribution in [1.82, 2.24) is 0 Å². The Balaban J connectivity index is 3.05. The first-order valence-electron chi connectivity index (χ1n) is 5.03. The number of ether oxygens (including phenoxy) is 1. The standard InChI is InChI=1S/C13H16O3/c1-13(2,15)9-8-10-6-4-5-7-11(10)12(14)16-3/h4-9,15H,1-3H3/b9-8+. The molecule has 3 nitrogen and oxygen atoms in total. The predicted octanol–water partition coefficient (Wildman–Crippen LogP) is 2.26. The summed E-state index contributed by atoms with van der Waals surface area (Å²) in [7, 11) is 1.35. The van der Waals surface area contributed by atoms with Crippen LogP contribution in [0.25, 0.3) is 6.08 Å². The van der Waals surface area contributed by atoms with E-state index >= 15 is 0 Å². The topological polar surface area (TPSA) is 46.5 Å². The largest absolute Gasteiger partial charge is 0.465 e. The Labute approximate surface area is 95.4 Å². The van der Waals surface area contributed by atoms with E-state index in [1.165, 1.54) is 7.11 Å². The predicted molar refractivity (Wildman–Crippen MR) is 63.1 cm³/mol. The lowest BCUT2D eigenvalue weighted by molar-refractivity contribution is 0.0600. The van der Waals surface area contributed by atoms with E-state index in [1.54, 1.807) is 44.2 Å². The van der Waals surface area contributed by atoms with Crippen molar-refractivity contribution >= 4 is 12.0 Å². The highest BCUT2D eigenvalue weighted by atomic mass is 16.5. The van der Waals surface area contributed by atoms with Gasteiger partial charge in [-0.3, -0.25) is 0 Å². The van der Waals surface area contributed by atoms with E-state index in [-0.39, 0.29) is 5.97 Å². The van der Waals surface area contributed by atoms with E-state index < -0.39 is 5.60 Å². The molecule has 0 saturated carbocycles. The number of hydrogen-bond donors (Lipinski definition) is 1. The molecule has 1 aromatic carbocycles. The minimum Gasteiger partial charge on any atom is -0.465 e. The van der Waals surface area contributed by atoms with E-state index in [4.69, 9.17) is 0 Å². The summed E-state index contributed by atoms with van der Waals surface area (Å²) in [6.45, 7) is 3.34. The SMILES string of the molecule is COC(=O)c1ccccc1/C=C/C(C)(C)O. The van der Waals surface area contributed by atoms with Gasteiger partial charge < -0.3 is 9.84 Å². The fraction of sp³-hybridized carbons (Fsp3) is 0.308. The summed E-state index contributed by atoms with van der Waals surface area (Å²) < 4.78 is 4.67. The molecule has 0 saturated heterocycles. The van der Waals surface area contributed by atoms with Crippen LogP contribution in [0.4, 0.5) is 0 Å². The smallest absolute Gasteiger partial charge is 0.338 e. The number of esters is 1. The number of methoxy groups -OCH3 is 1. The van der Waals surface area contributed by atoms with Crippen molar-refractivity contribution in [3.8, 4) is 0 Å². The highest BCUT2D eigenvalue weighted by Gasteiger charge is 2.10. The summed E-state index contributed by atoms with van der Waals surface area (Å²) in [6.07, 6.45) is 3.35. The van der Waals surface area contributed by atoms with Crippen LogP contribution in [0.2, 0.25) is 0 Å². The van der Waals surface area contributed by atoms with Gasteiger partial charge in [0.05, 0.1) is 18.3 Å². The summed E-state index contributed by atoms with van der Waals surface area (Å²) in [5, 5.41) is 9.56. The normalized spacial score (nSPS) is 11.8. The molecular weight excluding hydrogens is 204 g/mol. The molecular formula is C13H16O3. The van der Waals surface area contributed by atoms with Crippen molar-refractivity contribution in [3.05, 3.63) is 41.5 Å². The lowest BCUT2D eigenvalue weighted by Crippen LogP contribution is -2.13. The molecule has 0 atom stereocenters. The first kappa shape index (κ1) is 12.5. The molecule has 0 radical (unpaired) electrons. The Hall–Kier alpha value is -1.61. The third-order valence-corrected chi connectivity index (χ3v) is 2.04. The zero-order valence-corrected chi connectivity index (χ0v) is 9.73. The molecule has 3 heteroatoms. The van der Waals surface area contributed by atoms with Crippen LogP contribution in [-0.4, -0.2) is 23.8 Å². The number of aliphatic hydroxyl groups is 1. The molecule has 86 valence electrons. The zero-order chi connectivity index (χ0) is 12.2. The van der Waals surface area contributed by atoms with Crippen molar-refractivity contribution < 1.29 is 14.6 Å². The van der Waals surface area contributed by atoms with Crippen molar-refractivity contribution in [2.45, 2.75) is 19.4 Å². The molecule has 1 N–H and O–H groups in total. The average Bonchev–Trinajstić information content (AvgIpc) is 2.25. The maximum absolute atomic E-state index is 11.4. The number of carbonyl (C=O) groups excluding carboxylic acids is 1. The Morgan fingerprint density at radius 1 is 1.38 bits per heavy atom. The van der Waals surface area contributed by atoms with Gasteiger partial charge in [-0.15, -0.1) is 0 Å². The fourth-order valence-corrected chi connectivity index (χ4v) is 1.23. The molecule has 0 bridgehead atoms. The summed E-state index contributed by atoms with van der Waals surface area (Å²) in [5.41, 5.74) is 0.324. The molecule has 0 spiro atoms. The lowest BCUT2D eigenvalue weighted by Gasteiger charge is -2.11. The quantitative estimate of drug-likeness (QED) is 0.795. The fourth-order valence-electron chi connectivity index (χ4n) is 1.23. The van der Waals surface area contributed by atoms with Crippen LogP contribution in [-0.2, 0) is 4.74 Å². The Kier molecular flexibility index (Phi) is 3.85. The first-order valence-corrected chi connectivity index (χ1v) is 5.03. The van der Waals surface area contributed by atoms with Gasteiger partial charge in [0.25, 0.3) is 0 Å². The van der Waals surface area contributed by atoms with Gasteiger partial charge in [0, 0.05) is 0 Å². The molecule has 0 heterocycles. The number of rotatable bonds is 3. The maximum Gasteiger partial charge on any atom is 0.338 e. The van der Waals surface area contributed by atoms with Crippen LogP contribution >= 0.6 is 0 Å². The molecule has 0 unspecified atom stereocenters. The van der Waals surface area contributed by atoms with Crippen molar-refractivity contribution in [2.75, 3.05) is 7.11 Å². The zero-order valence-electron chi connectivity index (χ0n) is 9.73. The molecule has 0 aromatic heterocycles. The van der Waals surface area contributed by atoms with E-state index in [0.29, 0.717) is 5.56 Å². The third kappa shape index (κ3) is 3.51. The highest BCUT2D eigenvalue weighted by Crippen LogP contribution is 2.14. The van der Waals surface area contributed by atoms with Gasteiger partial charge in [0.1, 0.15) is 0 Å². The third-order valence-electron chi connectivity index (χ3n) is 2.04. The second-order valence-corrected chi connectivity index (χ2v) is 4.07. The van der Waals surface area contributed by atoms with Crippen molar-refractivity contribution in [1.29, 1.82) is 0 Å². The minimum absolute atomic E-state index is 0.379. The van der Waals surface area contributed by atoms with Gasteiger partial charge in [0.2, 0.25) is 0 Å². The lowest BCUT2D eigenvalue weighted by atomic mass is 10.0. The van der Waals surface area contributed by atoms with Gasteiger partial charge in [-0.1, -0.05) is 30.4 Å². The van der Waals surface area contributed by atoms with Crippen LogP contribution < -0.4 is 0 Å². The molecule has 16 heavy (non-hydrogen) atoms. The molecule has 0 fully saturated rings. The van der Waals surface area contributed by atoms with Gasteiger partial charge in [-0.25, -0.2) is 4.79 Å². The summed E-state index contributed by atoms with van der Waals surface area (Å²) >= 11 is 0. The summed E-state index contributed by atoms with van der Waals surface area (Å²) in [6, 6.07) is 7.09. The Morgan fingerprint density at radius 3 is 2.56 bits per heavy atom. The molecule has 0 aliphatic carbocycles. The first-order chi connectivity index (χ1) is 7.44. The van der Waals surface area contributed by atoms with Crippen LogP contribution in [0.15, 0.2) is 30.3 Å². The van der Waals surface area contributed by atoms with E-state index in [2.05, 4.69) is 4.74 Å². The van der Waals surface area contributed by atoms with Crippen LogP contribution in [0.1, 0.15) is 29.8 Å². The Bertz CT molecular complexity index is 400. The monoisotopic (exact) mass is 220 g/mol. The molecule has 0 aliphatic rings. The maximum atomic E-state index is 11.4. The van der Waals surface area contributed by atoms with Crippen molar-refractivity contribution in [2.24, 2.45) is 0 Å². The second-order valence-electron chi connectivity index (χ2n) is 4.07. The van der Waals surface area contributed by atoms with Gasteiger partial charge in [-0.05, 0) is 25.5 Å². The van der Waals surface area contributed by atoms with Crippen LogP contribution in [0.3, 0.4) is 0 Å². The van der Waals surface area contributed by atoms with Gasteiger partial charge >= 0.3 is 5.97 Å². The molecule has 0 aliphatic heterocycles. The molecule has 1 aromatic rings. The van der Waals surface area contributed by atoms with E-state index in [9.17, 15) is 9.90 Å². The second kappa shape index (κ2) is 4.94. The summed E-state index contributed by atoms with van der Waals surface area (Å²) in [4.78, 5) is 11.4. The van der Waals surface area contributed by atoms with E-state index in [0.717, 1.165) is 5.56 Å². The Morgan fingerprint density at radius 2 is 2.00 bits per heavy atom. The average molecular weight is 220 g/mol. The number of benzene rings is 1. The minimum atomic E-state index is -0.900. The molecule has 1 rings (SSSR count). The van der Waals surface area contributed by atoms with E-state index in [1.807, 2.05) is 6.07 Å². The highest BCUT2D eigenvalue weighted by molar-refractivity contribution is 5.93. The van der Waals surface area contributed by atoms with Crippen LogP contribution in [0.5, 0.6) is 0 Å². The van der Waals surface area contributed by atoms with Crippen LogP contribution in [0, 0.1) is 0 Å². The number of carbonyl (C=O) groups is 1.